The van der Waals surface area contributed by atoms with Crippen molar-refractivity contribution in [2.75, 3.05) is 0 Å². The lowest BCUT2D eigenvalue weighted by Gasteiger charge is -2.14. The minimum atomic E-state index is -3.72. The van der Waals surface area contributed by atoms with E-state index < -0.39 is 9.84 Å². The van der Waals surface area contributed by atoms with Crippen LogP contribution >= 0.6 is 23.2 Å². The normalized spacial score (nSPS) is 11.5. The van der Waals surface area contributed by atoms with Gasteiger partial charge in [-0.25, -0.2) is 8.42 Å². The SMILES string of the molecule is Cc1cccc(S(=O)(=O)Cc2cc(Cl)cc(Cl)c2O)c1Cc1ccccc1. The monoisotopic (exact) mass is 420 g/mol. The lowest BCUT2D eigenvalue weighted by atomic mass is 10.0. The molecule has 0 fully saturated rings. The number of benzene rings is 3. The highest BCUT2D eigenvalue weighted by atomic mass is 35.5. The molecule has 0 unspecified atom stereocenters. The number of aromatic hydroxyl groups is 1. The fraction of sp³-hybridized carbons (Fsp3) is 0.143. The molecular formula is C21H18Cl2O3S. The van der Waals surface area contributed by atoms with Crippen molar-refractivity contribution in [1.29, 1.82) is 0 Å². The second-order valence-corrected chi connectivity index (χ2v) is 9.17. The average molecular weight is 421 g/mol. The topological polar surface area (TPSA) is 54.4 Å². The molecule has 0 aliphatic heterocycles. The molecule has 3 nitrogen and oxygen atoms in total. The summed E-state index contributed by atoms with van der Waals surface area (Å²) in [6.07, 6.45) is 0.504. The van der Waals surface area contributed by atoms with Crippen molar-refractivity contribution in [3.8, 4) is 5.75 Å². The summed E-state index contributed by atoms with van der Waals surface area (Å²) in [4.78, 5) is 0.252. The Balaban J connectivity index is 2.04. The molecule has 0 saturated heterocycles. The molecule has 0 saturated carbocycles. The van der Waals surface area contributed by atoms with Gasteiger partial charge in [0.05, 0.1) is 15.7 Å². The van der Waals surface area contributed by atoms with E-state index in [9.17, 15) is 13.5 Å². The van der Waals surface area contributed by atoms with Gasteiger partial charge in [0.2, 0.25) is 0 Å². The van der Waals surface area contributed by atoms with Crippen molar-refractivity contribution >= 4 is 33.0 Å². The fourth-order valence-electron chi connectivity index (χ4n) is 3.01. The molecule has 0 aliphatic rings. The van der Waals surface area contributed by atoms with E-state index >= 15 is 0 Å². The van der Waals surface area contributed by atoms with E-state index in [4.69, 9.17) is 23.2 Å². The molecule has 0 radical (unpaired) electrons. The van der Waals surface area contributed by atoms with Crippen LogP contribution in [0.2, 0.25) is 10.0 Å². The summed E-state index contributed by atoms with van der Waals surface area (Å²) in [5, 5.41) is 10.4. The first-order valence-electron chi connectivity index (χ1n) is 8.30. The summed E-state index contributed by atoms with van der Waals surface area (Å²) < 4.78 is 26.3. The zero-order valence-corrected chi connectivity index (χ0v) is 16.9. The molecule has 3 aromatic carbocycles. The van der Waals surface area contributed by atoms with Crippen LogP contribution in [0.4, 0.5) is 0 Å². The van der Waals surface area contributed by atoms with Gasteiger partial charge in [-0.2, -0.15) is 0 Å². The van der Waals surface area contributed by atoms with Gasteiger partial charge in [0, 0.05) is 10.6 Å². The Morgan fingerprint density at radius 1 is 0.963 bits per heavy atom. The Labute approximate surface area is 169 Å². The van der Waals surface area contributed by atoms with Gasteiger partial charge >= 0.3 is 0 Å². The van der Waals surface area contributed by atoms with Crippen LogP contribution in [0.25, 0.3) is 0 Å². The van der Waals surface area contributed by atoms with Crippen molar-refractivity contribution in [3.63, 3.8) is 0 Å². The molecule has 0 aliphatic carbocycles. The zero-order valence-electron chi connectivity index (χ0n) is 14.6. The molecule has 6 heteroatoms. The van der Waals surface area contributed by atoms with Gasteiger partial charge in [-0.05, 0) is 48.2 Å². The number of hydrogen-bond donors (Lipinski definition) is 1. The number of aryl methyl sites for hydroxylation is 1. The minimum Gasteiger partial charge on any atom is -0.506 e. The van der Waals surface area contributed by atoms with E-state index in [1.807, 2.05) is 43.3 Å². The van der Waals surface area contributed by atoms with E-state index in [0.29, 0.717) is 6.42 Å². The van der Waals surface area contributed by atoms with Crippen molar-refractivity contribution in [2.24, 2.45) is 0 Å². The highest BCUT2D eigenvalue weighted by Crippen LogP contribution is 2.34. The smallest absolute Gasteiger partial charge is 0.182 e. The van der Waals surface area contributed by atoms with E-state index in [1.54, 1.807) is 12.1 Å². The van der Waals surface area contributed by atoms with Crippen LogP contribution in [0.5, 0.6) is 5.75 Å². The standard InChI is InChI=1S/C21H18Cl2O3S/c1-14-6-5-9-20(18(14)10-15-7-3-2-4-8-15)27(25,26)13-16-11-17(22)12-19(23)21(16)24/h2-9,11-12,24H,10,13H2,1H3. The van der Waals surface area contributed by atoms with E-state index in [1.165, 1.54) is 12.1 Å². The van der Waals surface area contributed by atoms with E-state index in [2.05, 4.69) is 0 Å². The van der Waals surface area contributed by atoms with Gasteiger partial charge in [0.25, 0.3) is 0 Å². The molecular weight excluding hydrogens is 403 g/mol. The van der Waals surface area contributed by atoms with E-state index in [-0.39, 0.29) is 32.0 Å². The highest BCUT2D eigenvalue weighted by Gasteiger charge is 2.23. The summed E-state index contributed by atoms with van der Waals surface area (Å²) in [5.41, 5.74) is 2.85. The maximum absolute atomic E-state index is 13.1. The first kappa shape index (κ1) is 19.7. The van der Waals surface area contributed by atoms with Crippen LogP contribution in [0.3, 0.4) is 0 Å². The molecule has 0 bridgehead atoms. The molecule has 0 atom stereocenters. The molecule has 140 valence electrons. The third-order valence-electron chi connectivity index (χ3n) is 4.38. The summed E-state index contributed by atoms with van der Waals surface area (Å²) in [6, 6.07) is 17.7. The predicted molar refractivity (Wildman–Crippen MR) is 109 cm³/mol. The van der Waals surface area contributed by atoms with Gasteiger partial charge in [0.1, 0.15) is 5.75 Å². The number of sulfone groups is 1. The lowest BCUT2D eigenvalue weighted by Crippen LogP contribution is -2.10. The quantitative estimate of drug-likeness (QED) is 0.586. The van der Waals surface area contributed by atoms with Crippen molar-refractivity contribution in [1.82, 2.24) is 0 Å². The first-order chi connectivity index (χ1) is 12.8. The highest BCUT2D eigenvalue weighted by molar-refractivity contribution is 7.90. The number of rotatable bonds is 5. The summed E-state index contributed by atoms with van der Waals surface area (Å²) in [6.45, 7) is 1.89. The number of halogens is 2. The van der Waals surface area contributed by atoms with Crippen molar-refractivity contribution < 1.29 is 13.5 Å². The molecule has 0 amide bonds. The largest absolute Gasteiger partial charge is 0.506 e. The van der Waals surface area contributed by atoms with Gasteiger partial charge in [-0.3, -0.25) is 0 Å². The van der Waals surface area contributed by atoms with Gasteiger partial charge < -0.3 is 5.11 Å². The van der Waals surface area contributed by atoms with Crippen LogP contribution in [-0.2, 0) is 22.0 Å². The van der Waals surface area contributed by atoms with Gasteiger partial charge in [-0.1, -0.05) is 65.7 Å². The average Bonchev–Trinajstić information content (AvgIpc) is 2.61. The van der Waals surface area contributed by atoms with Gasteiger partial charge in [-0.15, -0.1) is 0 Å². The predicted octanol–water partition coefficient (Wildman–Crippen LogP) is 5.57. The molecule has 27 heavy (non-hydrogen) atoms. The molecule has 0 aromatic heterocycles. The van der Waals surface area contributed by atoms with Crippen LogP contribution in [-0.4, -0.2) is 13.5 Å². The van der Waals surface area contributed by atoms with E-state index in [0.717, 1.165) is 16.7 Å². The maximum atomic E-state index is 13.1. The molecule has 0 spiro atoms. The third kappa shape index (κ3) is 4.46. The number of hydrogen-bond acceptors (Lipinski definition) is 3. The summed E-state index contributed by atoms with van der Waals surface area (Å²) in [5.74, 6) is -0.647. The van der Waals surface area contributed by atoms with Crippen molar-refractivity contribution in [2.45, 2.75) is 24.0 Å². The second kappa shape index (κ2) is 7.93. The molecule has 3 aromatic rings. The van der Waals surface area contributed by atoms with Crippen LogP contribution in [0.15, 0.2) is 65.6 Å². The molecule has 0 heterocycles. The Morgan fingerprint density at radius 2 is 1.67 bits per heavy atom. The second-order valence-electron chi connectivity index (χ2n) is 6.37. The maximum Gasteiger partial charge on any atom is 0.182 e. The first-order valence-corrected chi connectivity index (χ1v) is 10.7. The zero-order chi connectivity index (χ0) is 19.6. The fourth-order valence-corrected chi connectivity index (χ4v) is 5.22. The number of phenols is 1. The Bertz CT molecular complexity index is 1080. The van der Waals surface area contributed by atoms with Crippen LogP contribution in [0.1, 0.15) is 22.3 Å². The summed E-state index contributed by atoms with van der Waals surface area (Å²) >= 11 is 11.9. The Kier molecular flexibility index (Phi) is 5.80. The Hall–Kier alpha value is -2.01. The molecule has 1 N–H and O–H groups in total. The number of phenolic OH excluding ortho intramolecular Hbond substituents is 1. The third-order valence-corrected chi connectivity index (χ3v) is 6.63. The summed E-state index contributed by atoms with van der Waals surface area (Å²) in [7, 11) is -3.72. The lowest BCUT2D eigenvalue weighted by molar-refractivity contribution is 0.470. The minimum absolute atomic E-state index is 0.0291. The van der Waals surface area contributed by atoms with Crippen LogP contribution < -0.4 is 0 Å². The van der Waals surface area contributed by atoms with Gasteiger partial charge in [0.15, 0.2) is 9.84 Å². The Morgan fingerprint density at radius 3 is 2.37 bits per heavy atom. The molecule has 3 rings (SSSR count). The van der Waals surface area contributed by atoms with Crippen molar-refractivity contribution in [3.05, 3.63) is 93.0 Å². The van der Waals surface area contributed by atoms with Crippen LogP contribution in [0, 0.1) is 6.92 Å².